The van der Waals surface area contributed by atoms with Gasteiger partial charge in [-0.1, -0.05) is 47.5 Å². The Balaban J connectivity index is 1.49. The summed E-state index contributed by atoms with van der Waals surface area (Å²) in [4.78, 5) is 24.8. The third-order valence-electron chi connectivity index (χ3n) is 4.40. The summed E-state index contributed by atoms with van der Waals surface area (Å²) in [6.45, 7) is 0.299. The first-order chi connectivity index (χ1) is 14.0. The number of rotatable bonds is 5. The quantitative estimate of drug-likeness (QED) is 0.523. The topological polar surface area (TPSA) is 68.4 Å². The number of benzene rings is 2. The molecule has 1 amide bonds. The second-order valence-electron chi connectivity index (χ2n) is 6.53. The van der Waals surface area contributed by atoms with Gasteiger partial charge in [0.15, 0.2) is 5.65 Å². The van der Waals surface area contributed by atoms with E-state index < -0.39 is 0 Å². The summed E-state index contributed by atoms with van der Waals surface area (Å²) in [5.41, 5.74) is 2.54. The highest BCUT2D eigenvalue weighted by Gasteiger charge is 2.10. The summed E-state index contributed by atoms with van der Waals surface area (Å²) < 4.78 is 2.88. The van der Waals surface area contributed by atoms with Crippen molar-refractivity contribution in [3.05, 3.63) is 98.5 Å². The lowest BCUT2D eigenvalue weighted by Gasteiger charge is -2.09. The fourth-order valence-corrected chi connectivity index (χ4v) is 3.51. The highest BCUT2D eigenvalue weighted by atomic mass is 35.5. The van der Waals surface area contributed by atoms with Gasteiger partial charge in [0.05, 0.1) is 13.0 Å². The molecule has 0 radical (unpaired) electrons. The molecule has 0 aliphatic rings. The molecule has 0 spiro atoms. The van der Waals surface area contributed by atoms with E-state index in [9.17, 15) is 9.59 Å². The largest absolute Gasteiger partial charge is 0.350 e. The first-order valence-electron chi connectivity index (χ1n) is 8.86. The van der Waals surface area contributed by atoms with Gasteiger partial charge in [0.1, 0.15) is 0 Å². The van der Waals surface area contributed by atoms with Crippen molar-refractivity contribution < 1.29 is 4.79 Å². The van der Waals surface area contributed by atoms with Crippen molar-refractivity contribution in [2.45, 2.75) is 13.0 Å². The normalized spacial score (nSPS) is 11.0. The standard InChI is InChI=1S/C21H16Cl2N4O2/c22-16-8-7-15(18(23)12-16)11-20(28)24-17-5-3-4-14(10-17)13-27-21(29)26-9-2-1-6-19(26)25-27/h1-10,12H,11,13H2,(H,24,28). The predicted octanol–water partition coefficient (Wildman–Crippen LogP) is 4.03. The second-order valence-corrected chi connectivity index (χ2v) is 7.37. The van der Waals surface area contributed by atoms with Gasteiger partial charge in [-0.2, -0.15) is 0 Å². The van der Waals surface area contributed by atoms with E-state index in [0.717, 1.165) is 5.56 Å². The SMILES string of the molecule is O=C(Cc1ccc(Cl)cc1Cl)Nc1cccc(Cn2nc3ccccn3c2=O)c1. The van der Waals surface area contributed by atoms with Crippen LogP contribution in [0.3, 0.4) is 0 Å². The Bertz CT molecular complexity index is 1260. The van der Waals surface area contributed by atoms with E-state index in [0.29, 0.717) is 33.5 Å². The maximum atomic E-state index is 12.4. The Morgan fingerprint density at radius 2 is 1.90 bits per heavy atom. The zero-order valence-corrected chi connectivity index (χ0v) is 16.7. The number of nitrogens with zero attached hydrogens (tertiary/aromatic N) is 3. The molecular formula is C21H16Cl2N4O2. The Kier molecular flexibility index (Phi) is 5.38. The number of amides is 1. The molecule has 0 fully saturated rings. The average molecular weight is 427 g/mol. The number of fused-ring (bicyclic) bond motifs is 1. The zero-order valence-electron chi connectivity index (χ0n) is 15.2. The van der Waals surface area contributed by atoms with Gasteiger partial charge in [-0.15, -0.1) is 5.10 Å². The van der Waals surface area contributed by atoms with Crippen molar-refractivity contribution >= 4 is 40.4 Å². The molecule has 0 bridgehead atoms. The van der Waals surface area contributed by atoms with Crippen LogP contribution in [0, 0.1) is 0 Å². The fourth-order valence-electron chi connectivity index (χ4n) is 3.03. The summed E-state index contributed by atoms with van der Waals surface area (Å²) in [6, 6.07) is 17.7. The van der Waals surface area contributed by atoms with E-state index in [1.807, 2.05) is 24.3 Å². The molecule has 146 valence electrons. The summed E-state index contributed by atoms with van der Waals surface area (Å²) in [5, 5.41) is 8.15. The van der Waals surface area contributed by atoms with Gasteiger partial charge in [-0.05, 0) is 47.5 Å². The average Bonchev–Trinajstić information content (AvgIpc) is 3.00. The van der Waals surface area contributed by atoms with E-state index in [-0.39, 0.29) is 18.0 Å². The minimum absolute atomic E-state index is 0.131. The molecule has 29 heavy (non-hydrogen) atoms. The number of carbonyl (C=O) groups excluding carboxylic acids is 1. The number of pyridine rings is 1. The first kappa shape index (κ1) is 19.2. The Morgan fingerprint density at radius 1 is 1.03 bits per heavy atom. The van der Waals surface area contributed by atoms with E-state index in [1.54, 1.807) is 42.6 Å². The van der Waals surface area contributed by atoms with Gasteiger partial charge in [0.25, 0.3) is 0 Å². The molecule has 0 aliphatic carbocycles. The minimum Gasteiger partial charge on any atom is -0.326 e. The number of hydrogen-bond acceptors (Lipinski definition) is 3. The molecule has 2 aromatic carbocycles. The molecule has 2 heterocycles. The second kappa shape index (κ2) is 8.11. The Labute approximate surface area is 176 Å². The monoisotopic (exact) mass is 426 g/mol. The van der Waals surface area contributed by atoms with Crippen LogP contribution >= 0.6 is 23.2 Å². The summed E-state index contributed by atoms with van der Waals surface area (Å²) in [7, 11) is 0. The Morgan fingerprint density at radius 3 is 2.69 bits per heavy atom. The first-order valence-corrected chi connectivity index (χ1v) is 9.62. The van der Waals surface area contributed by atoms with Crippen molar-refractivity contribution in [3.8, 4) is 0 Å². The van der Waals surface area contributed by atoms with Gasteiger partial charge in [0.2, 0.25) is 5.91 Å². The van der Waals surface area contributed by atoms with Crippen LogP contribution in [-0.2, 0) is 17.8 Å². The molecule has 0 saturated carbocycles. The highest BCUT2D eigenvalue weighted by Crippen LogP contribution is 2.22. The minimum atomic E-state index is -0.215. The molecule has 1 N–H and O–H groups in total. The number of anilines is 1. The molecular weight excluding hydrogens is 411 g/mol. The van der Waals surface area contributed by atoms with Gasteiger partial charge < -0.3 is 5.32 Å². The van der Waals surface area contributed by atoms with Gasteiger partial charge in [0, 0.05) is 21.9 Å². The summed E-state index contributed by atoms with van der Waals surface area (Å²) >= 11 is 12.0. The molecule has 0 atom stereocenters. The molecule has 2 aromatic heterocycles. The molecule has 6 nitrogen and oxygen atoms in total. The number of hydrogen-bond donors (Lipinski definition) is 1. The molecule has 0 aliphatic heterocycles. The van der Waals surface area contributed by atoms with E-state index in [2.05, 4.69) is 10.4 Å². The van der Waals surface area contributed by atoms with Crippen LogP contribution in [0.2, 0.25) is 10.0 Å². The molecule has 0 unspecified atom stereocenters. The third kappa shape index (κ3) is 4.34. The van der Waals surface area contributed by atoms with E-state index >= 15 is 0 Å². The maximum absolute atomic E-state index is 12.4. The van der Waals surface area contributed by atoms with Crippen molar-refractivity contribution in [1.82, 2.24) is 14.2 Å². The van der Waals surface area contributed by atoms with E-state index in [4.69, 9.17) is 23.2 Å². The van der Waals surface area contributed by atoms with E-state index in [1.165, 1.54) is 9.08 Å². The van der Waals surface area contributed by atoms with Crippen LogP contribution in [0.15, 0.2) is 71.7 Å². The summed E-state index contributed by atoms with van der Waals surface area (Å²) in [6.07, 6.45) is 1.81. The van der Waals surface area contributed by atoms with Crippen molar-refractivity contribution in [2.75, 3.05) is 5.32 Å². The van der Waals surface area contributed by atoms with Crippen LogP contribution in [0.5, 0.6) is 0 Å². The zero-order chi connectivity index (χ0) is 20.4. The number of nitrogens with one attached hydrogen (secondary N) is 1. The van der Waals surface area contributed by atoms with Gasteiger partial charge >= 0.3 is 5.69 Å². The lowest BCUT2D eigenvalue weighted by atomic mass is 10.1. The van der Waals surface area contributed by atoms with Crippen molar-refractivity contribution in [1.29, 1.82) is 0 Å². The van der Waals surface area contributed by atoms with Crippen LogP contribution < -0.4 is 11.0 Å². The van der Waals surface area contributed by atoms with Crippen molar-refractivity contribution in [3.63, 3.8) is 0 Å². The smallest absolute Gasteiger partial charge is 0.326 e. The molecule has 4 aromatic rings. The lowest BCUT2D eigenvalue weighted by molar-refractivity contribution is -0.115. The molecule has 0 saturated heterocycles. The van der Waals surface area contributed by atoms with Crippen LogP contribution in [-0.4, -0.2) is 20.1 Å². The summed E-state index contributed by atoms with van der Waals surface area (Å²) in [5.74, 6) is -0.198. The molecule has 4 rings (SSSR count). The number of halogens is 2. The number of carbonyl (C=O) groups is 1. The van der Waals surface area contributed by atoms with Gasteiger partial charge in [-0.3, -0.25) is 9.20 Å². The van der Waals surface area contributed by atoms with Crippen LogP contribution in [0.4, 0.5) is 5.69 Å². The predicted molar refractivity (Wildman–Crippen MR) is 114 cm³/mol. The van der Waals surface area contributed by atoms with Crippen molar-refractivity contribution in [2.24, 2.45) is 0 Å². The Hall–Kier alpha value is -3.09. The molecule has 8 heteroatoms. The van der Waals surface area contributed by atoms with Crippen LogP contribution in [0.1, 0.15) is 11.1 Å². The maximum Gasteiger partial charge on any atom is 0.350 e. The number of aromatic nitrogens is 3. The highest BCUT2D eigenvalue weighted by molar-refractivity contribution is 6.35. The van der Waals surface area contributed by atoms with Gasteiger partial charge in [-0.25, -0.2) is 9.48 Å². The third-order valence-corrected chi connectivity index (χ3v) is 4.98. The fraction of sp³-hybridized carbons (Fsp3) is 0.0952. The van der Waals surface area contributed by atoms with Crippen LogP contribution in [0.25, 0.3) is 5.65 Å². The lowest BCUT2D eigenvalue weighted by Crippen LogP contribution is -2.21.